The quantitative estimate of drug-likeness (QED) is 0.794. The number of benzene rings is 2. The number of halogens is 1. The van der Waals surface area contributed by atoms with Gasteiger partial charge >= 0.3 is 6.03 Å². The van der Waals surface area contributed by atoms with E-state index in [-0.39, 0.29) is 15.6 Å². The van der Waals surface area contributed by atoms with Gasteiger partial charge in [-0.2, -0.15) is 4.31 Å². The fraction of sp³-hybridized carbons (Fsp3) is 0.278. The summed E-state index contributed by atoms with van der Waals surface area (Å²) >= 11 is 6.12. The van der Waals surface area contributed by atoms with Gasteiger partial charge in [-0.05, 0) is 23.8 Å². The molecule has 2 aromatic carbocycles. The third kappa shape index (κ3) is 4.98. The van der Waals surface area contributed by atoms with Crippen molar-refractivity contribution in [1.29, 1.82) is 0 Å². The molecule has 0 spiro atoms. The molecule has 0 radical (unpaired) electrons. The van der Waals surface area contributed by atoms with E-state index in [1.54, 1.807) is 0 Å². The van der Waals surface area contributed by atoms with E-state index in [9.17, 15) is 13.2 Å². The maximum atomic E-state index is 12.7. The predicted molar refractivity (Wildman–Crippen MR) is 103 cm³/mol. The molecule has 144 valence electrons. The van der Waals surface area contributed by atoms with Gasteiger partial charge in [0.1, 0.15) is 0 Å². The normalized spacial score (nSPS) is 15.3. The molecule has 7 nitrogen and oxygen atoms in total. The Hall–Kier alpha value is -2.13. The van der Waals surface area contributed by atoms with Gasteiger partial charge in [0.05, 0.1) is 28.8 Å². The second kappa shape index (κ2) is 8.71. The van der Waals surface area contributed by atoms with E-state index in [0.29, 0.717) is 32.8 Å². The SMILES string of the molecule is O=C(NCc1ccccc1)Nc1cc(S(=O)(=O)N2CCOCC2)ccc1Cl. The minimum absolute atomic E-state index is 0.0761. The lowest BCUT2D eigenvalue weighted by atomic mass is 10.2. The zero-order valence-electron chi connectivity index (χ0n) is 14.5. The van der Waals surface area contributed by atoms with Crippen molar-refractivity contribution in [3.05, 3.63) is 59.1 Å². The van der Waals surface area contributed by atoms with Gasteiger partial charge in [0.2, 0.25) is 10.0 Å². The van der Waals surface area contributed by atoms with Crippen LogP contribution in [-0.4, -0.2) is 45.1 Å². The highest BCUT2D eigenvalue weighted by atomic mass is 35.5. The van der Waals surface area contributed by atoms with E-state index in [1.165, 1.54) is 22.5 Å². The summed E-state index contributed by atoms with van der Waals surface area (Å²) in [5, 5.41) is 5.57. The number of hydrogen-bond acceptors (Lipinski definition) is 4. The minimum Gasteiger partial charge on any atom is -0.379 e. The summed E-state index contributed by atoms with van der Waals surface area (Å²) in [6.07, 6.45) is 0. The van der Waals surface area contributed by atoms with Crippen molar-refractivity contribution < 1.29 is 17.9 Å². The number of sulfonamides is 1. The summed E-state index contributed by atoms with van der Waals surface area (Å²) in [6.45, 7) is 1.66. The van der Waals surface area contributed by atoms with Crippen molar-refractivity contribution in [3.63, 3.8) is 0 Å². The molecule has 2 aromatic rings. The third-order valence-electron chi connectivity index (χ3n) is 4.09. The number of hydrogen-bond donors (Lipinski definition) is 2. The van der Waals surface area contributed by atoms with Gasteiger partial charge < -0.3 is 15.4 Å². The van der Waals surface area contributed by atoms with Crippen LogP contribution in [0, 0.1) is 0 Å². The standard InChI is InChI=1S/C18H20ClN3O4S/c19-16-7-6-15(27(24,25)22-8-10-26-11-9-22)12-17(16)21-18(23)20-13-14-4-2-1-3-5-14/h1-7,12H,8-11,13H2,(H2,20,21,23). The van der Waals surface area contributed by atoms with Crippen LogP contribution >= 0.6 is 11.6 Å². The minimum atomic E-state index is -3.67. The van der Waals surface area contributed by atoms with Crippen LogP contribution in [0.1, 0.15) is 5.56 Å². The molecule has 0 unspecified atom stereocenters. The first-order valence-electron chi connectivity index (χ1n) is 8.43. The second-order valence-electron chi connectivity index (χ2n) is 5.95. The lowest BCUT2D eigenvalue weighted by Crippen LogP contribution is -2.40. The summed E-state index contributed by atoms with van der Waals surface area (Å²) in [7, 11) is -3.67. The average molecular weight is 410 g/mol. The van der Waals surface area contributed by atoms with E-state index in [2.05, 4.69) is 10.6 Å². The second-order valence-corrected chi connectivity index (χ2v) is 8.30. The number of rotatable bonds is 5. The number of ether oxygens (including phenoxy) is 1. The fourth-order valence-corrected chi connectivity index (χ4v) is 4.24. The van der Waals surface area contributed by atoms with Crippen molar-refractivity contribution in [2.45, 2.75) is 11.4 Å². The largest absolute Gasteiger partial charge is 0.379 e. The van der Waals surface area contributed by atoms with Crippen molar-refractivity contribution in [3.8, 4) is 0 Å². The van der Waals surface area contributed by atoms with Crippen molar-refractivity contribution in [2.75, 3.05) is 31.6 Å². The molecule has 3 rings (SSSR count). The fourth-order valence-electron chi connectivity index (χ4n) is 2.64. The first-order chi connectivity index (χ1) is 13.0. The predicted octanol–water partition coefficient (Wildman–Crippen LogP) is 2.68. The van der Waals surface area contributed by atoms with Gasteiger partial charge in [0.15, 0.2) is 0 Å². The Labute approximate surface area is 163 Å². The highest BCUT2D eigenvalue weighted by Gasteiger charge is 2.27. The number of amides is 2. The number of morpholine rings is 1. The number of nitrogens with zero attached hydrogens (tertiary/aromatic N) is 1. The van der Waals surface area contributed by atoms with Gasteiger partial charge in [-0.15, -0.1) is 0 Å². The molecule has 0 atom stereocenters. The van der Waals surface area contributed by atoms with Gasteiger partial charge in [-0.1, -0.05) is 41.9 Å². The molecule has 0 bridgehead atoms. The molecule has 1 aliphatic rings. The molecule has 1 aliphatic heterocycles. The van der Waals surface area contributed by atoms with Crippen molar-refractivity contribution in [1.82, 2.24) is 9.62 Å². The van der Waals surface area contributed by atoms with Crippen LogP contribution < -0.4 is 10.6 Å². The summed E-state index contributed by atoms with van der Waals surface area (Å²) in [5.41, 5.74) is 1.18. The molecule has 2 amide bonds. The molecular formula is C18H20ClN3O4S. The smallest absolute Gasteiger partial charge is 0.319 e. The van der Waals surface area contributed by atoms with Gasteiger partial charge in [0.25, 0.3) is 0 Å². The van der Waals surface area contributed by atoms with Crippen LogP contribution in [0.25, 0.3) is 0 Å². The van der Waals surface area contributed by atoms with Crippen LogP contribution in [0.5, 0.6) is 0 Å². The number of anilines is 1. The Morgan fingerprint density at radius 2 is 1.81 bits per heavy atom. The maximum Gasteiger partial charge on any atom is 0.319 e. The molecule has 0 aliphatic carbocycles. The third-order valence-corrected chi connectivity index (χ3v) is 6.31. The Morgan fingerprint density at radius 3 is 2.52 bits per heavy atom. The Bertz CT molecular complexity index is 900. The van der Waals surface area contributed by atoms with Crippen LogP contribution in [0.15, 0.2) is 53.4 Å². The average Bonchev–Trinajstić information content (AvgIpc) is 2.69. The molecule has 1 saturated heterocycles. The van der Waals surface area contributed by atoms with E-state index in [1.807, 2.05) is 30.3 Å². The zero-order chi connectivity index (χ0) is 19.3. The van der Waals surface area contributed by atoms with E-state index >= 15 is 0 Å². The first-order valence-corrected chi connectivity index (χ1v) is 10.2. The molecule has 0 aromatic heterocycles. The van der Waals surface area contributed by atoms with Crippen molar-refractivity contribution >= 4 is 33.3 Å². The van der Waals surface area contributed by atoms with Crippen LogP contribution in [0.4, 0.5) is 10.5 Å². The molecular weight excluding hydrogens is 390 g/mol. The highest BCUT2D eigenvalue weighted by Crippen LogP contribution is 2.27. The first kappa shape index (κ1) is 19.6. The van der Waals surface area contributed by atoms with E-state index < -0.39 is 16.1 Å². The van der Waals surface area contributed by atoms with Gasteiger partial charge in [-0.3, -0.25) is 0 Å². The summed E-state index contributed by atoms with van der Waals surface area (Å²) < 4.78 is 32.0. The Kier molecular flexibility index (Phi) is 6.33. The molecule has 0 saturated carbocycles. The summed E-state index contributed by atoms with van der Waals surface area (Å²) in [4.78, 5) is 12.2. The molecule has 1 fully saturated rings. The van der Waals surface area contributed by atoms with Crippen LogP contribution in [0.2, 0.25) is 5.02 Å². The molecule has 9 heteroatoms. The number of carbonyl (C=O) groups is 1. The van der Waals surface area contributed by atoms with E-state index in [0.717, 1.165) is 5.56 Å². The van der Waals surface area contributed by atoms with Crippen LogP contribution in [0.3, 0.4) is 0 Å². The number of carbonyl (C=O) groups excluding carboxylic acids is 1. The topological polar surface area (TPSA) is 87.7 Å². The van der Waals surface area contributed by atoms with Gasteiger partial charge in [-0.25, -0.2) is 13.2 Å². The molecule has 1 heterocycles. The zero-order valence-corrected chi connectivity index (χ0v) is 16.1. The van der Waals surface area contributed by atoms with Crippen LogP contribution in [-0.2, 0) is 21.3 Å². The number of nitrogens with one attached hydrogen (secondary N) is 2. The summed E-state index contributed by atoms with van der Waals surface area (Å²) in [6, 6.07) is 13.2. The maximum absolute atomic E-state index is 12.7. The Balaban J connectivity index is 1.70. The van der Waals surface area contributed by atoms with Crippen molar-refractivity contribution in [2.24, 2.45) is 0 Å². The monoisotopic (exact) mass is 409 g/mol. The number of urea groups is 1. The molecule has 2 N–H and O–H groups in total. The molecule has 27 heavy (non-hydrogen) atoms. The van der Waals surface area contributed by atoms with E-state index in [4.69, 9.17) is 16.3 Å². The lowest BCUT2D eigenvalue weighted by molar-refractivity contribution is 0.0730. The highest BCUT2D eigenvalue weighted by molar-refractivity contribution is 7.89. The van der Waals surface area contributed by atoms with Gasteiger partial charge in [0, 0.05) is 19.6 Å². The lowest BCUT2D eigenvalue weighted by Gasteiger charge is -2.26. The summed E-state index contributed by atoms with van der Waals surface area (Å²) in [5.74, 6) is 0. The Morgan fingerprint density at radius 1 is 1.11 bits per heavy atom.